The summed E-state index contributed by atoms with van der Waals surface area (Å²) in [5, 5.41) is 3.57. The standard InChI is InChI=1S/C13H28N2/c1-4-7-13(5-2)15-10-8-12(9-11-15)14-6-3/h12-14H,4-11H2,1-3H3. The molecular weight excluding hydrogens is 184 g/mol. The maximum Gasteiger partial charge on any atom is 0.00925 e. The average Bonchev–Trinajstić information content (AvgIpc) is 2.28. The summed E-state index contributed by atoms with van der Waals surface area (Å²) < 4.78 is 0. The highest BCUT2D eigenvalue weighted by Crippen LogP contribution is 2.17. The van der Waals surface area contributed by atoms with Gasteiger partial charge in [-0.15, -0.1) is 0 Å². The molecule has 0 radical (unpaired) electrons. The molecule has 0 aromatic heterocycles. The van der Waals surface area contributed by atoms with Crippen molar-refractivity contribution in [1.82, 2.24) is 10.2 Å². The van der Waals surface area contributed by atoms with Crippen molar-refractivity contribution in [3.63, 3.8) is 0 Å². The van der Waals surface area contributed by atoms with E-state index < -0.39 is 0 Å². The van der Waals surface area contributed by atoms with Crippen molar-refractivity contribution in [3.8, 4) is 0 Å². The lowest BCUT2D eigenvalue weighted by atomic mass is 10.00. The Hall–Kier alpha value is -0.0800. The molecule has 0 aliphatic carbocycles. The Morgan fingerprint density at radius 2 is 1.87 bits per heavy atom. The van der Waals surface area contributed by atoms with Crippen molar-refractivity contribution in [2.45, 2.75) is 65.0 Å². The van der Waals surface area contributed by atoms with Crippen LogP contribution >= 0.6 is 0 Å². The summed E-state index contributed by atoms with van der Waals surface area (Å²) in [4.78, 5) is 2.71. The van der Waals surface area contributed by atoms with E-state index in [2.05, 4.69) is 31.0 Å². The zero-order chi connectivity index (χ0) is 11.1. The largest absolute Gasteiger partial charge is 0.314 e. The van der Waals surface area contributed by atoms with Crippen LogP contribution in [0.1, 0.15) is 52.9 Å². The molecule has 90 valence electrons. The van der Waals surface area contributed by atoms with Gasteiger partial charge in [0.25, 0.3) is 0 Å². The minimum atomic E-state index is 0.783. The highest BCUT2D eigenvalue weighted by Gasteiger charge is 2.22. The quantitative estimate of drug-likeness (QED) is 0.728. The first-order valence-electron chi connectivity index (χ1n) is 6.79. The molecule has 15 heavy (non-hydrogen) atoms. The molecule has 0 amide bonds. The van der Waals surface area contributed by atoms with Gasteiger partial charge in [-0.2, -0.15) is 0 Å². The van der Waals surface area contributed by atoms with Crippen LogP contribution in [0.2, 0.25) is 0 Å². The Morgan fingerprint density at radius 3 is 2.33 bits per heavy atom. The molecule has 2 heteroatoms. The fourth-order valence-electron chi connectivity index (χ4n) is 2.74. The lowest BCUT2D eigenvalue weighted by molar-refractivity contribution is 0.133. The van der Waals surface area contributed by atoms with Gasteiger partial charge in [0, 0.05) is 12.1 Å². The minimum Gasteiger partial charge on any atom is -0.314 e. The predicted molar refractivity (Wildman–Crippen MR) is 67.3 cm³/mol. The molecule has 0 saturated carbocycles. The lowest BCUT2D eigenvalue weighted by Crippen LogP contribution is -2.46. The third kappa shape index (κ3) is 4.12. The van der Waals surface area contributed by atoms with E-state index in [-0.39, 0.29) is 0 Å². The van der Waals surface area contributed by atoms with Crippen LogP contribution < -0.4 is 5.32 Å². The first kappa shape index (κ1) is 13.0. The molecular formula is C13H28N2. The van der Waals surface area contributed by atoms with Crippen LogP contribution in [0.25, 0.3) is 0 Å². The Bertz CT molecular complexity index is 151. The fraction of sp³-hybridized carbons (Fsp3) is 1.00. The summed E-state index contributed by atoms with van der Waals surface area (Å²) in [6.45, 7) is 10.6. The lowest BCUT2D eigenvalue weighted by Gasteiger charge is -2.37. The number of hydrogen-bond acceptors (Lipinski definition) is 2. The van der Waals surface area contributed by atoms with E-state index in [4.69, 9.17) is 0 Å². The van der Waals surface area contributed by atoms with Gasteiger partial charge in [-0.1, -0.05) is 27.2 Å². The maximum atomic E-state index is 3.57. The van der Waals surface area contributed by atoms with Gasteiger partial charge >= 0.3 is 0 Å². The van der Waals surface area contributed by atoms with E-state index >= 15 is 0 Å². The van der Waals surface area contributed by atoms with Crippen LogP contribution in [-0.2, 0) is 0 Å². The van der Waals surface area contributed by atoms with Gasteiger partial charge in [0.1, 0.15) is 0 Å². The van der Waals surface area contributed by atoms with E-state index in [1.165, 1.54) is 45.2 Å². The summed E-state index contributed by atoms with van der Waals surface area (Å²) in [6, 6.07) is 1.63. The number of nitrogens with zero attached hydrogens (tertiary/aromatic N) is 1. The Balaban J connectivity index is 2.28. The predicted octanol–water partition coefficient (Wildman–Crippen LogP) is 2.64. The number of hydrogen-bond donors (Lipinski definition) is 1. The van der Waals surface area contributed by atoms with Crippen LogP contribution in [0.3, 0.4) is 0 Å². The van der Waals surface area contributed by atoms with Crippen LogP contribution in [0.5, 0.6) is 0 Å². The topological polar surface area (TPSA) is 15.3 Å². The van der Waals surface area contributed by atoms with Gasteiger partial charge in [-0.3, -0.25) is 0 Å². The zero-order valence-electron chi connectivity index (χ0n) is 10.8. The molecule has 0 bridgehead atoms. The summed E-state index contributed by atoms with van der Waals surface area (Å²) in [5.41, 5.74) is 0. The van der Waals surface area contributed by atoms with Crippen molar-refractivity contribution in [3.05, 3.63) is 0 Å². The summed E-state index contributed by atoms with van der Waals surface area (Å²) in [6.07, 6.45) is 6.70. The van der Waals surface area contributed by atoms with E-state index in [1.54, 1.807) is 0 Å². The smallest absolute Gasteiger partial charge is 0.00925 e. The number of nitrogens with one attached hydrogen (secondary N) is 1. The molecule has 1 rings (SSSR count). The van der Waals surface area contributed by atoms with Crippen molar-refractivity contribution in [2.24, 2.45) is 0 Å². The highest BCUT2D eigenvalue weighted by atomic mass is 15.2. The van der Waals surface area contributed by atoms with Gasteiger partial charge < -0.3 is 10.2 Å². The van der Waals surface area contributed by atoms with Crippen LogP contribution in [0, 0.1) is 0 Å². The van der Waals surface area contributed by atoms with Crippen LogP contribution in [0.4, 0.5) is 0 Å². The first-order valence-corrected chi connectivity index (χ1v) is 6.79. The molecule has 1 saturated heterocycles. The second kappa shape index (κ2) is 7.24. The second-order valence-corrected chi connectivity index (χ2v) is 4.72. The Kier molecular flexibility index (Phi) is 6.26. The number of rotatable bonds is 6. The molecule has 0 spiro atoms. The summed E-state index contributed by atoms with van der Waals surface area (Å²) >= 11 is 0. The molecule has 1 heterocycles. The summed E-state index contributed by atoms with van der Waals surface area (Å²) in [7, 11) is 0. The van der Waals surface area contributed by atoms with E-state index in [9.17, 15) is 0 Å². The molecule has 1 unspecified atom stereocenters. The molecule has 0 aromatic carbocycles. The SMILES string of the molecule is CCCC(CC)N1CCC(NCC)CC1. The third-order valence-electron chi connectivity index (χ3n) is 3.63. The van der Waals surface area contributed by atoms with Gasteiger partial charge in [0.05, 0.1) is 0 Å². The van der Waals surface area contributed by atoms with Gasteiger partial charge in [-0.25, -0.2) is 0 Å². The average molecular weight is 212 g/mol. The second-order valence-electron chi connectivity index (χ2n) is 4.72. The van der Waals surface area contributed by atoms with Crippen LogP contribution in [-0.4, -0.2) is 36.6 Å². The minimum absolute atomic E-state index is 0.783. The van der Waals surface area contributed by atoms with Crippen molar-refractivity contribution in [1.29, 1.82) is 0 Å². The van der Waals surface area contributed by atoms with Crippen LogP contribution in [0.15, 0.2) is 0 Å². The van der Waals surface area contributed by atoms with Crippen molar-refractivity contribution >= 4 is 0 Å². The Morgan fingerprint density at radius 1 is 1.20 bits per heavy atom. The zero-order valence-corrected chi connectivity index (χ0v) is 10.8. The number of likely N-dealkylation sites (tertiary alicyclic amines) is 1. The maximum absolute atomic E-state index is 3.57. The molecule has 1 atom stereocenters. The Labute approximate surface area is 95.4 Å². The highest BCUT2D eigenvalue weighted by molar-refractivity contribution is 4.80. The molecule has 1 aliphatic rings. The van der Waals surface area contributed by atoms with E-state index in [0.29, 0.717) is 0 Å². The first-order chi connectivity index (χ1) is 7.31. The van der Waals surface area contributed by atoms with Crippen molar-refractivity contribution in [2.75, 3.05) is 19.6 Å². The monoisotopic (exact) mass is 212 g/mol. The van der Waals surface area contributed by atoms with E-state index in [1.807, 2.05) is 0 Å². The van der Waals surface area contributed by atoms with Gasteiger partial charge in [0.2, 0.25) is 0 Å². The van der Waals surface area contributed by atoms with Gasteiger partial charge in [-0.05, 0) is 45.3 Å². The molecule has 1 fully saturated rings. The fourth-order valence-corrected chi connectivity index (χ4v) is 2.74. The molecule has 1 aliphatic heterocycles. The number of piperidine rings is 1. The summed E-state index contributed by atoms with van der Waals surface area (Å²) in [5.74, 6) is 0. The molecule has 1 N–H and O–H groups in total. The van der Waals surface area contributed by atoms with Crippen molar-refractivity contribution < 1.29 is 0 Å². The normalized spacial score (nSPS) is 21.8. The molecule has 0 aromatic rings. The molecule has 2 nitrogen and oxygen atoms in total. The van der Waals surface area contributed by atoms with E-state index in [0.717, 1.165) is 18.6 Å². The third-order valence-corrected chi connectivity index (χ3v) is 3.63. The van der Waals surface area contributed by atoms with Gasteiger partial charge in [0.15, 0.2) is 0 Å².